The molecule has 0 aliphatic heterocycles. The highest BCUT2D eigenvalue weighted by atomic mass is 19.1. The molecular formula is C15H14FN3O. The van der Waals surface area contributed by atoms with Gasteiger partial charge in [0.2, 0.25) is 0 Å². The molecule has 1 heterocycles. The maximum atomic E-state index is 12.8. The number of halogens is 1. The van der Waals surface area contributed by atoms with Gasteiger partial charge in [0.05, 0.1) is 11.9 Å². The lowest BCUT2D eigenvalue weighted by Crippen LogP contribution is -2.13. The summed E-state index contributed by atoms with van der Waals surface area (Å²) in [6.07, 6.45) is 4.09. The average molecular weight is 271 g/mol. The zero-order valence-electron chi connectivity index (χ0n) is 10.8. The third-order valence-electron chi connectivity index (χ3n) is 3.06. The molecule has 0 atom stereocenters. The summed E-state index contributed by atoms with van der Waals surface area (Å²) < 4.78 is 12.8. The van der Waals surface area contributed by atoms with Gasteiger partial charge in [0, 0.05) is 11.6 Å². The molecule has 1 aromatic carbocycles. The first kappa shape index (κ1) is 12.6. The molecule has 1 aromatic heterocycles. The van der Waals surface area contributed by atoms with Crippen LogP contribution in [0, 0.1) is 5.82 Å². The Bertz CT molecular complexity index is 606. The third-order valence-corrected chi connectivity index (χ3v) is 3.06. The Balaban J connectivity index is 1.64. The number of aromatic nitrogens is 1. The molecule has 2 N–H and O–H groups in total. The molecule has 5 heteroatoms. The number of benzene rings is 1. The molecule has 0 saturated heterocycles. The minimum absolute atomic E-state index is 0.305. The SMILES string of the molecule is O=C(Nc1ccc(NC2CC2)cn1)c1ccc(F)cc1. The molecule has 1 amide bonds. The normalized spacial score (nSPS) is 13.8. The maximum absolute atomic E-state index is 12.8. The van der Waals surface area contributed by atoms with Crippen LogP contribution in [0.25, 0.3) is 0 Å². The van der Waals surface area contributed by atoms with Crippen LogP contribution < -0.4 is 10.6 Å². The van der Waals surface area contributed by atoms with Gasteiger partial charge in [-0.15, -0.1) is 0 Å². The molecule has 1 fully saturated rings. The van der Waals surface area contributed by atoms with E-state index in [-0.39, 0.29) is 11.7 Å². The number of anilines is 2. The van der Waals surface area contributed by atoms with Crippen molar-refractivity contribution in [3.63, 3.8) is 0 Å². The Morgan fingerprint density at radius 3 is 2.50 bits per heavy atom. The van der Waals surface area contributed by atoms with E-state index in [1.165, 1.54) is 37.1 Å². The number of amides is 1. The second-order valence-corrected chi connectivity index (χ2v) is 4.81. The van der Waals surface area contributed by atoms with Gasteiger partial charge in [0.1, 0.15) is 11.6 Å². The Morgan fingerprint density at radius 2 is 1.90 bits per heavy atom. The van der Waals surface area contributed by atoms with Crippen molar-refractivity contribution in [2.45, 2.75) is 18.9 Å². The van der Waals surface area contributed by atoms with Crippen LogP contribution in [0.2, 0.25) is 0 Å². The van der Waals surface area contributed by atoms with E-state index in [1.807, 2.05) is 6.07 Å². The maximum Gasteiger partial charge on any atom is 0.256 e. The third kappa shape index (κ3) is 3.12. The van der Waals surface area contributed by atoms with Gasteiger partial charge in [-0.3, -0.25) is 4.79 Å². The van der Waals surface area contributed by atoms with E-state index >= 15 is 0 Å². The van der Waals surface area contributed by atoms with Crippen molar-refractivity contribution in [1.82, 2.24) is 4.98 Å². The van der Waals surface area contributed by atoms with Crippen LogP contribution in [0.5, 0.6) is 0 Å². The standard InChI is InChI=1S/C15H14FN3O/c16-11-3-1-10(2-4-11)15(20)19-14-8-7-13(9-17-14)18-12-5-6-12/h1-4,7-9,12,18H,5-6H2,(H,17,19,20). The van der Waals surface area contributed by atoms with Gasteiger partial charge in [0.25, 0.3) is 5.91 Å². The number of nitrogens with one attached hydrogen (secondary N) is 2. The zero-order valence-corrected chi connectivity index (χ0v) is 10.8. The largest absolute Gasteiger partial charge is 0.381 e. The van der Waals surface area contributed by atoms with E-state index in [0.29, 0.717) is 17.4 Å². The predicted octanol–water partition coefficient (Wildman–Crippen LogP) is 3.05. The molecule has 20 heavy (non-hydrogen) atoms. The quantitative estimate of drug-likeness (QED) is 0.898. The van der Waals surface area contributed by atoms with Crippen LogP contribution in [-0.4, -0.2) is 16.9 Å². The highest BCUT2D eigenvalue weighted by molar-refractivity contribution is 6.03. The Labute approximate surface area is 116 Å². The topological polar surface area (TPSA) is 54.0 Å². The van der Waals surface area contributed by atoms with E-state index in [2.05, 4.69) is 15.6 Å². The molecule has 0 unspecified atom stereocenters. The molecule has 1 saturated carbocycles. The molecule has 4 nitrogen and oxygen atoms in total. The van der Waals surface area contributed by atoms with Crippen LogP contribution in [0.3, 0.4) is 0 Å². The van der Waals surface area contributed by atoms with Crippen LogP contribution in [-0.2, 0) is 0 Å². The number of hydrogen-bond acceptors (Lipinski definition) is 3. The predicted molar refractivity (Wildman–Crippen MR) is 75.2 cm³/mol. The molecular weight excluding hydrogens is 257 g/mol. The van der Waals surface area contributed by atoms with E-state index in [4.69, 9.17) is 0 Å². The van der Waals surface area contributed by atoms with Gasteiger partial charge in [-0.05, 0) is 49.2 Å². The summed E-state index contributed by atoms with van der Waals surface area (Å²) in [4.78, 5) is 16.1. The Hall–Kier alpha value is -2.43. The fourth-order valence-electron chi connectivity index (χ4n) is 1.81. The Kier molecular flexibility index (Phi) is 3.33. The smallest absolute Gasteiger partial charge is 0.256 e. The molecule has 3 rings (SSSR count). The first-order chi connectivity index (χ1) is 9.70. The van der Waals surface area contributed by atoms with Crippen molar-refractivity contribution in [2.75, 3.05) is 10.6 Å². The number of carbonyl (C=O) groups is 1. The van der Waals surface area contributed by atoms with Crippen molar-refractivity contribution in [2.24, 2.45) is 0 Å². The van der Waals surface area contributed by atoms with Crippen LogP contribution in [0.15, 0.2) is 42.6 Å². The zero-order chi connectivity index (χ0) is 13.9. The van der Waals surface area contributed by atoms with E-state index in [1.54, 1.807) is 12.3 Å². The summed E-state index contributed by atoms with van der Waals surface area (Å²) in [5, 5.41) is 5.99. The van der Waals surface area contributed by atoms with Crippen LogP contribution in [0.1, 0.15) is 23.2 Å². The molecule has 0 bridgehead atoms. The number of rotatable bonds is 4. The summed E-state index contributed by atoms with van der Waals surface area (Å²) >= 11 is 0. The highest BCUT2D eigenvalue weighted by Crippen LogP contribution is 2.24. The van der Waals surface area contributed by atoms with E-state index in [9.17, 15) is 9.18 Å². The number of hydrogen-bond donors (Lipinski definition) is 2. The van der Waals surface area contributed by atoms with Crippen molar-refractivity contribution in [3.05, 3.63) is 54.0 Å². The fourth-order valence-corrected chi connectivity index (χ4v) is 1.81. The summed E-state index contributed by atoms with van der Waals surface area (Å²) in [6.45, 7) is 0. The minimum Gasteiger partial charge on any atom is -0.381 e. The van der Waals surface area contributed by atoms with Gasteiger partial charge in [-0.25, -0.2) is 9.37 Å². The molecule has 1 aliphatic carbocycles. The first-order valence-corrected chi connectivity index (χ1v) is 6.50. The van der Waals surface area contributed by atoms with E-state index in [0.717, 1.165) is 5.69 Å². The summed E-state index contributed by atoms with van der Waals surface area (Å²) in [6, 6.07) is 9.58. The number of carbonyl (C=O) groups excluding carboxylic acids is 1. The number of nitrogens with zero attached hydrogens (tertiary/aromatic N) is 1. The van der Waals surface area contributed by atoms with Crippen molar-refractivity contribution < 1.29 is 9.18 Å². The lowest BCUT2D eigenvalue weighted by atomic mass is 10.2. The van der Waals surface area contributed by atoms with Gasteiger partial charge in [-0.2, -0.15) is 0 Å². The van der Waals surface area contributed by atoms with Gasteiger partial charge in [0.15, 0.2) is 0 Å². The highest BCUT2D eigenvalue weighted by Gasteiger charge is 2.20. The lowest BCUT2D eigenvalue weighted by molar-refractivity contribution is 0.102. The molecule has 0 spiro atoms. The second-order valence-electron chi connectivity index (χ2n) is 4.81. The van der Waals surface area contributed by atoms with Crippen LogP contribution >= 0.6 is 0 Å². The molecule has 2 aromatic rings. The lowest BCUT2D eigenvalue weighted by Gasteiger charge is -2.07. The summed E-state index contributed by atoms with van der Waals surface area (Å²) in [7, 11) is 0. The molecule has 0 radical (unpaired) electrons. The van der Waals surface area contributed by atoms with Crippen molar-refractivity contribution in [1.29, 1.82) is 0 Å². The van der Waals surface area contributed by atoms with Gasteiger partial charge >= 0.3 is 0 Å². The molecule has 102 valence electrons. The van der Waals surface area contributed by atoms with Crippen molar-refractivity contribution in [3.8, 4) is 0 Å². The van der Waals surface area contributed by atoms with Gasteiger partial charge < -0.3 is 10.6 Å². The second kappa shape index (κ2) is 5.28. The Morgan fingerprint density at radius 1 is 1.15 bits per heavy atom. The fraction of sp³-hybridized carbons (Fsp3) is 0.200. The van der Waals surface area contributed by atoms with Crippen LogP contribution in [0.4, 0.5) is 15.9 Å². The van der Waals surface area contributed by atoms with E-state index < -0.39 is 0 Å². The first-order valence-electron chi connectivity index (χ1n) is 6.50. The molecule has 1 aliphatic rings. The number of pyridine rings is 1. The minimum atomic E-state index is -0.366. The summed E-state index contributed by atoms with van der Waals surface area (Å²) in [5.74, 6) is -0.198. The van der Waals surface area contributed by atoms with Gasteiger partial charge in [-0.1, -0.05) is 0 Å². The monoisotopic (exact) mass is 271 g/mol. The average Bonchev–Trinajstić information content (AvgIpc) is 3.26. The van der Waals surface area contributed by atoms with Crippen molar-refractivity contribution >= 4 is 17.4 Å². The summed E-state index contributed by atoms with van der Waals surface area (Å²) in [5.41, 5.74) is 1.35.